The fourth-order valence-corrected chi connectivity index (χ4v) is 3.04. The van der Waals surface area contributed by atoms with Crippen LogP contribution in [0.15, 0.2) is 54.2 Å². The number of anilines is 1. The molecule has 1 heterocycles. The minimum Gasteiger partial charge on any atom is -0.350 e. The van der Waals surface area contributed by atoms with Crippen molar-refractivity contribution >= 4 is 34.7 Å². The van der Waals surface area contributed by atoms with Gasteiger partial charge in [-0.05, 0) is 44.0 Å². The summed E-state index contributed by atoms with van der Waals surface area (Å²) in [5, 5.41) is 3.71. The zero-order valence-electron chi connectivity index (χ0n) is 14.3. The second-order valence-electron chi connectivity index (χ2n) is 6.27. The van der Waals surface area contributed by atoms with Crippen LogP contribution in [0.5, 0.6) is 0 Å². The second-order valence-corrected chi connectivity index (χ2v) is 6.71. The molecule has 0 unspecified atom stereocenters. The van der Waals surface area contributed by atoms with Crippen molar-refractivity contribution in [2.75, 3.05) is 5.32 Å². The summed E-state index contributed by atoms with van der Waals surface area (Å²) in [6.07, 6.45) is 0. The average Bonchev–Trinajstić information content (AvgIpc) is 2.82. The number of imide groups is 1. The molecule has 128 valence electrons. The van der Waals surface area contributed by atoms with Gasteiger partial charge in [-0.15, -0.1) is 0 Å². The normalized spacial score (nSPS) is 14.7. The number of rotatable bonds is 4. The molecule has 1 aliphatic heterocycles. The van der Waals surface area contributed by atoms with E-state index in [9.17, 15) is 9.59 Å². The third kappa shape index (κ3) is 3.17. The topological polar surface area (TPSA) is 49.4 Å². The largest absolute Gasteiger partial charge is 0.350 e. The molecule has 0 aliphatic carbocycles. The smallest absolute Gasteiger partial charge is 0.278 e. The van der Waals surface area contributed by atoms with E-state index in [1.165, 1.54) is 4.90 Å². The summed E-state index contributed by atoms with van der Waals surface area (Å²) in [4.78, 5) is 27.1. The Morgan fingerprint density at radius 2 is 1.68 bits per heavy atom. The molecular formula is C20H19ClN2O2. The van der Waals surface area contributed by atoms with E-state index in [4.69, 9.17) is 11.6 Å². The minimum absolute atomic E-state index is 0.224. The molecule has 0 fully saturated rings. The highest BCUT2D eigenvalue weighted by Gasteiger charge is 2.40. The van der Waals surface area contributed by atoms with Crippen molar-refractivity contribution in [2.24, 2.45) is 0 Å². The van der Waals surface area contributed by atoms with Gasteiger partial charge in [-0.3, -0.25) is 14.5 Å². The maximum Gasteiger partial charge on any atom is 0.278 e. The van der Waals surface area contributed by atoms with Crippen LogP contribution in [-0.4, -0.2) is 22.8 Å². The number of carbonyl (C=O) groups excluding carboxylic acids is 2. The monoisotopic (exact) mass is 354 g/mol. The number of nitrogens with zero attached hydrogens (tertiary/aromatic N) is 1. The van der Waals surface area contributed by atoms with E-state index in [2.05, 4.69) is 5.32 Å². The summed E-state index contributed by atoms with van der Waals surface area (Å²) in [7, 11) is 0. The highest BCUT2D eigenvalue weighted by atomic mass is 35.5. The van der Waals surface area contributed by atoms with Crippen molar-refractivity contribution in [3.05, 3.63) is 70.4 Å². The first-order chi connectivity index (χ1) is 11.9. The Balaban J connectivity index is 2.13. The van der Waals surface area contributed by atoms with Crippen molar-refractivity contribution < 1.29 is 9.59 Å². The van der Waals surface area contributed by atoms with Crippen LogP contribution in [0.2, 0.25) is 5.02 Å². The molecule has 1 aliphatic rings. The molecule has 1 N–H and O–H groups in total. The maximum absolute atomic E-state index is 12.9. The van der Waals surface area contributed by atoms with Crippen LogP contribution in [-0.2, 0) is 9.59 Å². The van der Waals surface area contributed by atoms with E-state index < -0.39 is 0 Å². The summed E-state index contributed by atoms with van der Waals surface area (Å²) < 4.78 is 0. The van der Waals surface area contributed by atoms with E-state index in [1.807, 2.05) is 57.2 Å². The molecule has 3 rings (SSSR count). The average molecular weight is 355 g/mol. The van der Waals surface area contributed by atoms with Crippen LogP contribution in [0.25, 0.3) is 5.57 Å². The Kier molecular flexibility index (Phi) is 4.64. The predicted molar refractivity (Wildman–Crippen MR) is 100 cm³/mol. The van der Waals surface area contributed by atoms with Gasteiger partial charge in [-0.2, -0.15) is 0 Å². The summed E-state index contributed by atoms with van der Waals surface area (Å²) in [6, 6.07) is 14.4. The van der Waals surface area contributed by atoms with Crippen molar-refractivity contribution in [3.8, 4) is 0 Å². The zero-order chi connectivity index (χ0) is 18.1. The van der Waals surface area contributed by atoms with E-state index in [-0.39, 0.29) is 23.6 Å². The molecule has 0 aromatic heterocycles. The Bertz CT molecular complexity index is 873. The van der Waals surface area contributed by atoms with Crippen LogP contribution in [0.1, 0.15) is 25.0 Å². The molecule has 2 aromatic carbocycles. The molecule has 0 saturated carbocycles. The van der Waals surface area contributed by atoms with Gasteiger partial charge >= 0.3 is 0 Å². The lowest BCUT2D eigenvalue weighted by atomic mass is 10.0. The lowest BCUT2D eigenvalue weighted by Gasteiger charge is -2.19. The molecule has 0 radical (unpaired) electrons. The van der Waals surface area contributed by atoms with Gasteiger partial charge in [0, 0.05) is 16.8 Å². The molecular weight excluding hydrogens is 336 g/mol. The second kappa shape index (κ2) is 6.73. The molecule has 0 atom stereocenters. The first-order valence-electron chi connectivity index (χ1n) is 8.11. The van der Waals surface area contributed by atoms with Gasteiger partial charge in [-0.1, -0.05) is 48.0 Å². The van der Waals surface area contributed by atoms with E-state index in [0.717, 1.165) is 5.56 Å². The van der Waals surface area contributed by atoms with Gasteiger partial charge < -0.3 is 5.32 Å². The Hall–Kier alpha value is -2.59. The van der Waals surface area contributed by atoms with E-state index in [1.54, 1.807) is 12.1 Å². The number of aryl methyl sites for hydroxylation is 1. The van der Waals surface area contributed by atoms with Crippen LogP contribution < -0.4 is 5.32 Å². The summed E-state index contributed by atoms with van der Waals surface area (Å²) in [5.74, 6) is -0.605. The number of hydrogen-bond donors (Lipinski definition) is 1. The predicted octanol–water partition coefficient (Wildman–Crippen LogP) is 4.25. The fourth-order valence-electron chi connectivity index (χ4n) is 2.87. The Morgan fingerprint density at radius 1 is 1.00 bits per heavy atom. The van der Waals surface area contributed by atoms with Crippen molar-refractivity contribution in [1.29, 1.82) is 0 Å². The summed E-state index contributed by atoms with van der Waals surface area (Å²) in [6.45, 7) is 5.57. The van der Waals surface area contributed by atoms with Crippen LogP contribution in [0.3, 0.4) is 0 Å². The van der Waals surface area contributed by atoms with Crippen LogP contribution >= 0.6 is 11.6 Å². The van der Waals surface area contributed by atoms with Gasteiger partial charge in [0.1, 0.15) is 5.70 Å². The summed E-state index contributed by atoms with van der Waals surface area (Å²) in [5.41, 5.74) is 3.04. The lowest BCUT2D eigenvalue weighted by Crippen LogP contribution is -2.38. The number of amides is 2. The van der Waals surface area contributed by atoms with Crippen LogP contribution in [0.4, 0.5) is 5.69 Å². The molecule has 0 saturated heterocycles. The Labute approximate surface area is 152 Å². The van der Waals surface area contributed by atoms with Gasteiger partial charge in [0.05, 0.1) is 5.57 Å². The highest BCUT2D eigenvalue weighted by Crippen LogP contribution is 2.32. The first-order valence-corrected chi connectivity index (χ1v) is 8.48. The maximum atomic E-state index is 12.9. The molecule has 5 heteroatoms. The van der Waals surface area contributed by atoms with E-state index >= 15 is 0 Å². The molecule has 0 bridgehead atoms. The zero-order valence-corrected chi connectivity index (χ0v) is 15.1. The molecule has 0 spiro atoms. The van der Waals surface area contributed by atoms with E-state index in [0.29, 0.717) is 21.8 Å². The highest BCUT2D eigenvalue weighted by molar-refractivity contribution is 6.36. The molecule has 25 heavy (non-hydrogen) atoms. The number of hydrogen-bond acceptors (Lipinski definition) is 3. The number of benzene rings is 2. The lowest BCUT2D eigenvalue weighted by molar-refractivity contribution is -0.138. The van der Waals surface area contributed by atoms with Crippen molar-refractivity contribution in [1.82, 2.24) is 4.90 Å². The van der Waals surface area contributed by atoms with Gasteiger partial charge in [-0.25, -0.2) is 0 Å². The first kappa shape index (κ1) is 17.2. The van der Waals surface area contributed by atoms with Gasteiger partial charge in [0.25, 0.3) is 11.8 Å². The fraction of sp³-hybridized carbons (Fsp3) is 0.200. The third-order valence-electron chi connectivity index (χ3n) is 4.15. The number of nitrogens with one attached hydrogen (secondary N) is 1. The molecule has 2 amide bonds. The standard InChI is InChI=1S/C20H19ClN2O2/c1-12(2)23-19(24)17(14-7-5-4-6-8-14)18(20(23)25)22-16-11-15(21)10-9-13(16)3/h4-12,22H,1-3H3. The number of carbonyl (C=O) groups is 2. The molecule has 2 aromatic rings. The SMILES string of the molecule is Cc1ccc(Cl)cc1NC1=C(c2ccccc2)C(=O)N(C(C)C)C1=O. The number of halogens is 1. The van der Waals surface area contributed by atoms with Gasteiger partial charge in [0.2, 0.25) is 0 Å². The Morgan fingerprint density at radius 3 is 2.32 bits per heavy atom. The molecule has 4 nitrogen and oxygen atoms in total. The quantitative estimate of drug-likeness (QED) is 0.835. The third-order valence-corrected chi connectivity index (χ3v) is 4.39. The minimum atomic E-state index is -0.321. The van der Waals surface area contributed by atoms with Crippen molar-refractivity contribution in [3.63, 3.8) is 0 Å². The van der Waals surface area contributed by atoms with Crippen LogP contribution in [0, 0.1) is 6.92 Å². The summed E-state index contributed by atoms with van der Waals surface area (Å²) >= 11 is 6.08. The van der Waals surface area contributed by atoms with Gasteiger partial charge in [0.15, 0.2) is 0 Å². The van der Waals surface area contributed by atoms with Crippen molar-refractivity contribution in [2.45, 2.75) is 26.8 Å².